The first kappa shape index (κ1) is 9.33. The lowest BCUT2D eigenvalue weighted by Crippen LogP contribution is -1.79. The molecule has 0 fully saturated rings. The zero-order chi connectivity index (χ0) is 8.97. The van der Waals surface area contributed by atoms with Crippen molar-refractivity contribution in [2.75, 3.05) is 7.11 Å². The van der Waals surface area contributed by atoms with Crippen molar-refractivity contribution in [2.24, 2.45) is 0 Å². The predicted octanol–water partition coefficient (Wildman–Crippen LogP) is 3.37. The Morgan fingerprint density at radius 3 is 2.83 bits per heavy atom. The molecule has 1 aromatic rings. The van der Waals surface area contributed by atoms with E-state index < -0.39 is 0 Å². The van der Waals surface area contributed by atoms with Crippen LogP contribution < -0.4 is 0 Å². The van der Waals surface area contributed by atoms with Crippen LogP contribution in [0.2, 0.25) is 0 Å². The highest BCUT2D eigenvalue weighted by atomic mass is 79.9. The van der Waals surface area contributed by atoms with E-state index in [0.717, 1.165) is 4.47 Å². The van der Waals surface area contributed by atoms with Gasteiger partial charge in [0.05, 0.1) is 13.4 Å². The van der Waals surface area contributed by atoms with Crippen molar-refractivity contribution < 1.29 is 4.74 Å². The van der Waals surface area contributed by atoms with Crippen LogP contribution in [0.5, 0.6) is 0 Å². The van der Waals surface area contributed by atoms with Crippen LogP contribution in [0.3, 0.4) is 0 Å². The minimum atomic E-state index is 1.09. The van der Waals surface area contributed by atoms with E-state index in [-0.39, 0.29) is 0 Å². The molecule has 0 aliphatic carbocycles. The first-order valence-corrected chi connectivity index (χ1v) is 4.49. The fourth-order valence-corrected chi connectivity index (χ4v) is 1.31. The lowest BCUT2D eigenvalue weighted by atomic mass is 10.1. The molecular weight excluding hydrogens is 216 g/mol. The maximum absolute atomic E-state index is 4.84. The third kappa shape index (κ3) is 2.38. The summed E-state index contributed by atoms with van der Waals surface area (Å²) in [6, 6.07) is 6.16. The molecular formula is C10H11BrO. The second kappa shape index (κ2) is 4.31. The van der Waals surface area contributed by atoms with Crippen LogP contribution in [0.15, 0.2) is 28.9 Å². The van der Waals surface area contributed by atoms with Crippen LogP contribution in [0.4, 0.5) is 0 Å². The molecule has 12 heavy (non-hydrogen) atoms. The Kier molecular flexibility index (Phi) is 3.35. The molecule has 0 aliphatic rings. The van der Waals surface area contributed by atoms with E-state index in [1.54, 1.807) is 13.4 Å². The van der Waals surface area contributed by atoms with Crippen molar-refractivity contribution in [1.82, 2.24) is 0 Å². The summed E-state index contributed by atoms with van der Waals surface area (Å²) in [5, 5.41) is 0. The molecule has 0 N–H and O–H groups in total. The first-order chi connectivity index (χ1) is 5.74. The molecule has 0 spiro atoms. The van der Waals surface area contributed by atoms with Gasteiger partial charge in [0, 0.05) is 4.47 Å². The number of rotatable bonds is 2. The van der Waals surface area contributed by atoms with Gasteiger partial charge in [0.2, 0.25) is 0 Å². The Morgan fingerprint density at radius 2 is 2.17 bits per heavy atom. The summed E-state index contributed by atoms with van der Waals surface area (Å²) < 4.78 is 5.93. The van der Waals surface area contributed by atoms with Gasteiger partial charge >= 0.3 is 0 Å². The van der Waals surface area contributed by atoms with Crippen LogP contribution in [0.1, 0.15) is 11.1 Å². The highest BCUT2D eigenvalue weighted by molar-refractivity contribution is 9.10. The summed E-state index contributed by atoms with van der Waals surface area (Å²) in [5.74, 6) is 0. The number of benzene rings is 1. The fraction of sp³-hybridized carbons (Fsp3) is 0.200. The molecule has 0 amide bonds. The molecule has 0 heterocycles. The van der Waals surface area contributed by atoms with Gasteiger partial charge in [-0.2, -0.15) is 0 Å². The van der Waals surface area contributed by atoms with E-state index in [2.05, 4.69) is 35.0 Å². The second-order valence-electron chi connectivity index (χ2n) is 2.54. The maximum atomic E-state index is 4.84. The fourth-order valence-electron chi connectivity index (χ4n) is 0.932. The van der Waals surface area contributed by atoms with Crippen LogP contribution in [-0.2, 0) is 4.74 Å². The molecule has 0 saturated carbocycles. The van der Waals surface area contributed by atoms with E-state index in [1.807, 2.05) is 12.1 Å². The molecule has 0 aliphatic heterocycles. The number of methoxy groups -OCH3 is 1. The monoisotopic (exact) mass is 226 g/mol. The molecule has 0 aromatic heterocycles. The lowest BCUT2D eigenvalue weighted by molar-refractivity contribution is 0.341. The summed E-state index contributed by atoms with van der Waals surface area (Å²) in [6.07, 6.45) is 3.62. The zero-order valence-electron chi connectivity index (χ0n) is 7.17. The average molecular weight is 227 g/mol. The molecule has 0 saturated heterocycles. The summed E-state index contributed by atoms with van der Waals surface area (Å²) in [7, 11) is 1.64. The second-order valence-corrected chi connectivity index (χ2v) is 3.46. The number of halogens is 1. The molecule has 0 radical (unpaired) electrons. The van der Waals surface area contributed by atoms with Gasteiger partial charge in [-0.1, -0.05) is 22.0 Å². The van der Waals surface area contributed by atoms with Crippen LogP contribution in [-0.4, -0.2) is 7.11 Å². The van der Waals surface area contributed by atoms with Crippen molar-refractivity contribution in [1.29, 1.82) is 0 Å². The minimum Gasteiger partial charge on any atom is -0.504 e. The molecule has 0 atom stereocenters. The van der Waals surface area contributed by atoms with E-state index in [0.29, 0.717) is 0 Å². The van der Waals surface area contributed by atoms with Gasteiger partial charge in [-0.3, -0.25) is 0 Å². The first-order valence-electron chi connectivity index (χ1n) is 3.69. The van der Waals surface area contributed by atoms with Crippen molar-refractivity contribution in [3.8, 4) is 0 Å². The Hall–Kier alpha value is -0.760. The van der Waals surface area contributed by atoms with Gasteiger partial charge in [0.1, 0.15) is 0 Å². The molecule has 1 aromatic carbocycles. The van der Waals surface area contributed by atoms with Gasteiger partial charge in [-0.05, 0) is 36.3 Å². The van der Waals surface area contributed by atoms with Crippen molar-refractivity contribution in [3.63, 3.8) is 0 Å². The van der Waals surface area contributed by atoms with E-state index in [4.69, 9.17) is 4.74 Å². The molecule has 1 rings (SSSR count). The summed E-state index contributed by atoms with van der Waals surface area (Å²) >= 11 is 3.41. The average Bonchev–Trinajstić information content (AvgIpc) is 2.07. The van der Waals surface area contributed by atoms with E-state index in [1.165, 1.54) is 11.1 Å². The highest BCUT2D eigenvalue weighted by Gasteiger charge is 1.94. The Balaban J connectivity index is 2.97. The normalized spacial score (nSPS) is 10.6. The van der Waals surface area contributed by atoms with Crippen LogP contribution >= 0.6 is 15.9 Å². The van der Waals surface area contributed by atoms with Gasteiger partial charge < -0.3 is 4.74 Å². The zero-order valence-corrected chi connectivity index (χ0v) is 8.76. The molecule has 0 unspecified atom stereocenters. The molecule has 0 bridgehead atoms. The predicted molar refractivity (Wildman–Crippen MR) is 54.9 cm³/mol. The lowest BCUT2D eigenvalue weighted by Gasteiger charge is -1.99. The van der Waals surface area contributed by atoms with Crippen molar-refractivity contribution >= 4 is 22.0 Å². The van der Waals surface area contributed by atoms with E-state index >= 15 is 0 Å². The van der Waals surface area contributed by atoms with Crippen molar-refractivity contribution in [3.05, 3.63) is 40.1 Å². The quantitative estimate of drug-likeness (QED) is 0.703. The van der Waals surface area contributed by atoms with Crippen LogP contribution in [0.25, 0.3) is 6.08 Å². The third-order valence-corrected chi connectivity index (χ3v) is 2.12. The number of aryl methyl sites for hydroxylation is 1. The Bertz CT molecular complexity index is 292. The molecule has 2 heteroatoms. The highest BCUT2D eigenvalue weighted by Crippen LogP contribution is 2.16. The molecule has 64 valence electrons. The van der Waals surface area contributed by atoms with Gasteiger partial charge in [0.25, 0.3) is 0 Å². The number of ether oxygens (including phenoxy) is 1. The van der Waals surface area contributed by atoms with Crippen LogP contribution in [0, 0.1) is 6.92 Å². The topological polar surface area (TPSA) is 9.23 Å². The maximum Gasteiger partial charge on any atom is 0.0830 e. The van der Waals surface area contributed by atoms with Crippen molar-refractivity contribution in [2.45, 2.75) is 6.92 Å². The summed E-state index contributed by atoms with van der Waals surface area (Å²) in [5.41, 5.74) is 2.41. The Morgan fingerprint density at radius 1 is 1.42 bits per heavy atom. The standard InChI is InChI=1S/C10H11BrO/c1-8-3-4-10(11)7-9(8)5-6-12-2/h3-7H,1-2H3. The van der Waals surface area contributed by atoms with E-state index in [9.17, 15) is 0 Å². The Labute approximate surface area is 81.2 Å². The largest absolute Gasteiger partial charge is 0.504 e. The van der Waals surface area contributed by atoms with Gasteiger partial charge in [-0.25, -0.2) is 0 Å². The number of hydrogen-bond acceptors (Lipinski definition) is 1. The SMILES string of the molecule is COC=Cc1cc(Br)ccc1C. The van der Waals surface area contributed by atoms with Gasteiger partial charge in [-0.15, -0.1) is 0 Å². The number of hydrogen-bond donors (Lipinski definition) is 0. The molecule has 1 nitrogen and oxygen atoms in total. The summed E-state index contributed by atoms with van der Waals surface area (Å²) in [6.45, 7) is 2.07. The summed E-state index contributed by atoms with van der Waals surface area (Å²) in [4.78, 5) is 0. The smallest absolute Gasteiger partial charge is 0.0830 e. The third-order valence-electron chi connectivity index (χ3n) is 1.62. The minimum absolute atomic E-state index is 1.09. The van der Waals surface area contributed by atoms with Gasteiger partial charge in [0.15, 0.2) is 0 Å².